The molecule has 0 amide bonds. The van der Waals surface area contributed by atoms with Gasteiger partial charge in [0.25, 0.3) is 0 Å². The summed E-state index contributed by atoms with van der Waals surface area (Å²) in [5.41, 5.74) is -0.791. The van der Waals surface area contributed by atoms with Crippen LogP contribution in [0, 0.1) is 0 Å². The van der Waals surface area contributed by atoms with E-state index in [2.05, 4.69) is 15.2 Å². The van der Waals surface area contributed by atoms with Gasteiger partial charge in [-0.05, 0) is 43.3 Å². The molecule has 0 aliphatic rings. The number of halogens is 4. The van der Waals surface area contributed by atoms with E-state index >= 15 is 0 Å². The highest BCUT2D eigenvalue weighted by Crippen LogP contribution is 2.25. The standard InChI is InChI=1S/C22H21ClF3N7O5S/c1-12(34)19-28-18(29-33(19)15-4-2-3-5-16(15)39(27,37)38)11-32-21(36)31(10-17(35)22(24,25)26)20(30-32)13-6-8-14(23)9-7-13/h2-9,12,17,34-35H,10-11H2,1H3,(H2,27,37,38). The lowest BCUT2D eigenvalue weighted by atomic mass is 10.2. The van der Waals surface area contributed by atoms with Crippen LogP contribution in [0.2, 0.25) is 5.02 Å². The number of nitrogens with two attached hydrogens (primary N) is 1. The quantitative estimate of drug-likeness (QED) is 0.279. The van der Waals surface area contributed by atoms with Gasteiger partial charge in [0.15, 0.2) is 23.6 Å². The Morgan fingerprint density at radius 3 is 2.31 bits per heavy atom. The number of benzene rings is 2. The average molecular weight is 588 g/mol. The van der Waals surface area contributed by atoms with Crippen molar-refractivity contribution in [3.8, 4) is 17.1 Å². The summed E-state index contributed by atoms with van der Waals surface area (Å²) < 4.78 is 66.0. The molecule has 0 bridgehead atoms. The highest BCUT2D eigenvalue weighted by molar-refractivity contribution is 7.89. The number of aliphatic hydroxyl groups excluding tert-OH is 2. The fraction of sp³-hybridized carbons (Fsp3) is 0.273. The number of hydrogen-bond acceptors (Lipinski definition) is 8. The first-order valence-corrected chi connectivity index (χ1v) is 13.0. The third-order valence-corrected chi connectivity index (χ3v) is 6.71. The van der Waals surface area contributed by atoms with Gasteiger partial charge >= 0.3 is 11.9 Å². The van der Waals surface area contributed by atoms with E-state index in [0.717, 1.165) is 9.36 Å². The number of hydrogen-bond donors (Lipinski definition) is 3. The monoisotopic (exact) mass is 587 g/mol. The minimum Gasteiger partial charge on any atom is -0.385 e. The second-order valence-corrected chi connectivity index (χ2v) is 10.4. The van der Waals surface area contributed by atoms with E-state index in [-0.39, 0.29) is 33.6 Å². The van der Waals surface area contributed by atoms with E-state index in [4.69, 9.17) is 16.7 Å². The van der Waals surface area contributed by atoms with Crippen LogP contribution >= 0.6 is 11.6 Å². The highest BCUT2D eigenvalue weighted by atomic mass is 35.5. The molecular weight excluding hydrogens is 567 g/mol. The average Bonchev–Trinajstić information content (AvgIpc) is 3.41. The summed E-state index contributed by atoms with van der Waals surface area (Å²) in [7, 11) is -4.21. The highest BCUT2D eigenvalue weighted by Gasteiger charge is 2.39. The van der Waals surface area contributed by atoms with E-state index in [1.165, 1.54) is 55.5 Å². The van der Waals surface area contributed by atoms with Gasteiger partial charge in [-0.15, -0.1) is 10.2 Å². The Balaban J connectivity index is 1.81. The minimum atomic E-state index is -5.00. The number of aliphatic hydroxyl groups is 2. The Bertz CT molecular complexity index is 1660. The molecule has 0 saturated carbocycles. The van der Waals surface area contributed by atoms with Crippen molar-refractivity contribution in [2.45, 2.75) is 43.3 Å². The maximum absolute atomic E-state index is 13.1. The molecule has 0 fully saturated rings. The van der Waals surface area contributed by atoms with Crippen LogP contribution < -0.4 is 10.8 Å². The molecule has 39 heavy (non-hydrogen) atoms. The number of aromatic nitrogens is 6. The van der Waals surface area contributed by atoms with Gasteiger partial charge in [0.1, 0.15) is 17.5 Å². The number of para-hydroxylation sites is 1. The lowest BCUT2D eigenvalue weighted by Gasteiger charge is -2.15. The second kappa shape index (κ2) is 10.5. The van der Waals surface area contributed by atoms with Crippen LogP contribution in [0.3, 0.4) is 0 Å². The lowest BCUT2D eigenvalue weighted by Crippen LogP contribution is -2.37. The van der Waals surface area contributed by atoms with Gasteiger partial charge in [0.05, 0.1) is 12.2 Å². The van der Waals surface area contributed by atoms with E-state index in [1.54, 1.807) is 0 Å². The van der Waals surface area contributed by atoms with E-state index in [9.17, 15) is 36.6 Å². The predicted molar refractivity (Wildman–Crippen MR) is 131 cm³/mol. The van der Waals surface area contributed by atoms with Gasteiger partial charge in [-0.1, -0.05) is 23.7 Å². The summed E-state index contributed by atoms with van der Waals surface area (Å²) in [6.45, 7) is -0.260. The van der Waals surface area contributed by atoms with Crippen molar-refractivity contribution in [1.82, 2.24) is 29.1 Å². The number of sulfonamides is 1. The van der Waals surface area contributed by atoms with Gasteiger partial charge in [-0.3, -0.25) is 4.57 Å². The Morgan fingerprint density at radius 2 is 1.72 bits per heavy atom. The Labute approximate surface area is 223 Å². The Hall–Kier alpha value is -3.57. The topological polar surface area (TPSA) is 171 Å². The first kappa shape index (κ1) is 28.4. The summed E-state index contributed by atoms with van der Waals surface area (Å²) in [4.78, 5) is 17.0. The molecule has 2 heterocycles. The molecule has 4 aromatic rings. The first-order valence-electron chi connectivity index (χ1n) is 11.1. The molecule has 4 N–H and O–H groups in total. The SMILES string of the molecule is CC(O)c1nc(Cn2nc(-c3ccc(Cl)cc3)n(CC(O)C(F)(F)F)c2=O)nn1-c1ccccc1S(N)(=O)=O. The van der Waals surface area contributed by atoms with E-state index < -0.39 is 47.2 Å². The van der Waals surface area contributed by atoms with Crippen LogP contribution in [0.4, 0.5) is 13.2 Å². The Morgan fingerprint density at radius 1 is 1.08 bits per heavy atom. The van der Waals surface area contributed by atoms with Crippen molar-refractivity contribution in [1.29, 1.82) is 0 Å². The van der Waals surface area contributed by atoms with Crippen LogP contribution in [0.1, 0.15) is 24.7 Å². The molecule has 0 radical (unpaired) electrons. The smallest absolute Gasteiger partial charge is 0.385 e. The van der Waals surface area contributed by atoms with E-state index in [1.807, 2.05) is 0 Å². The zero-order valence-electron chi connectivity index (χ0n) is 20.0. The van der Waals surface area contributed by atoms with Gasteiger partial charge in [-0.2, -0.15) is 13.2 Å². The number of rotatable bonds is 8. The zero-order chi connectivity index (χ0) is 28.7. The van der Waals surface area contributed by atoms with Gasteiger partial charge in [0.2, 0.25) is 10.0 Å². The summed E-state index contributed by atoms with van der Waals surface area (Å²) in [6, 6.07) is 11.3. The van der Waals surface area contributed by atoms with Crippen molar-refractivity contribution in [2.75, 3.05) is 0 Å². The van der Waals surface area contributed by atoms with Crippen molar-refractivity contribution in [3.63, 3.8) is 0 Å². The van der Waals surface area contributed by atoms with Crippen LogP contribution in [0.25, 0.3) is 17.1 Å². The molecule has 0 aliphatic carbocycles. The van der Waals surface area contributed by atoms with Gasteiger partial charge in [0, 0.05) is 10.6 Å². The maximum Gasteiger partial charge on any atom is 0.416 e. The van der Waals surface area contributed by atoms with Gasteiger partial charge in [-0.25, -0.2) is 32.7 Å². The third-order valence-electron chi connectivity index (χ3n) is 5.50. The molecule has 0 spiro atoms. The minimum absolute atomic E-state index is 0.0253. The lowest BCUT2D eigenvalue weighted by molar-refractivity contribution is -0.207. The fourth-order valence-electron chi connectivity index (χ4n) is 3.69. The molecule has 208 valence electrons. The Kier molecular flexibility index (Phi) is 7.68. The molecule has 2 aromatic heterocycles. The van der Waals surface area contributed by atoms with Crippen molar-refractivity contribution < 1.29 is 31.8 Å². The second-order valence-electron chi connectivity index (χ2n) is 8.43. The third kappa shape index (κ3) is 6.04. The molecule has 2 aromatic carbocycles. The molecule has 2 unspecified atom stereocenters. The fourth-order valence-corrected chi connectivity index (χ4v) is 4.53. The maximum atomic E-state index is 13.1. The summed E-state index contributed by atoms with van der Waals surface area (Å²) in [6.07, 6.45) is -9.10. The number of nitrogens with zero attached hydrogens (tertiary/aromatic N) is 6. The molecular formula is C22H21ClF3N7O5S. The number of alkyl halides is 3. The van der Waals surface area contributed by atoms with E-state index in [0.29, 0.717) is 9.59 Å². The zero-order valence-corrected chi connectivity index (χ0v) is 21.6. The number of primary sulfonamides is 1. The van der Waals surface area contributed by atoms with Crippen molar-refractivity contribution in [3.05, 3.63) is 75.7 Å². The largest absolute Gasteiger partial charge is 0.416 e. The summed E-state index contributed by atoms with van der Waals surface area (Å²) in [5, 5.41) is 33.9. The first-order chi connectivity index (χ1) is 18.2. The molecule has 2 atom stereocenters. The molecule has 4 rings (SSSR count). The molecule has 12 nitrogen and oxygen atoms in total. The van der Waals surface area contributed by atoms with Crippen LogP contribution in [0.15, 0.2) is 58.2 Å². The molecule has 0 saturated heterocycles. The molecule has 0 aliphatic heterocycles. The van der Waals surface area contributed by atoms with Crippen molar-refractivity contribution >= 4 is 21.6 Å². The normalized spacial score (nSPS) is 13.9. The summed E-state index contributed by atoms with van der Waals surface area (Å²) >= 11 is 5.89. The molecule has 17 heteroatoms. The summed E-state index contributed by atoms with van der Waals surface area (Å²) in [5.74, 6) is -0.408. The van der Waals surface area contributed by atoms with Crippen LogP contribution in [0.5, 0.6) is 0 Å². The van der Waals surface area contributed by atoms with Gasteiger partial charge < -0.3 is 10.2 Å². The van der Waals surface area contributed by atoms with Crippen LogP contribution in [-0.4, -0.2) is 60.0 Å². The van der Waals surface area contributed by atoms with Crippen LogP contribution in [-0.2, 0) is 23.1 Å². The predicted octanol–water partition coefficient (Wildman–Crippen LogP) is 1.62. The van der Waals surface area contributed by atoms with Crippen molar-refractivity contribution in [2.24, 2.45) is 5.14 Å².